The number of carbonyl (C=O) groups is 2. The number of pyridine rings is 1. The Labute approximate surface area is 216 Å². The fourth-order valence-electron chi connectivity index (χ4n) is 5.14. The Morgan fingerprint density at radius 3 is 2.43 bits per heavy atom. The van der Waals surface area contributed by atoms with Gasteiger partial charge in [0, 0.05) is 43.5 Å². The summed E-state index contributed by atoms with van der Waals surface area (Å²) in [5, 5.41) is 12.6. The third kappa shape index (κ3) is 5.04. The van der Waals surface area contributed by atoms with Gasteiger partial charge in [-0.1, -0.05) is 18.2 Å². The molecule has 1 saturated heterocycles. The first-order valence-corrected chi connectivity index (χ1v) is 12.5. The highest BCUT2D eigenvalue weighted by atomic mass is 16.5. The molecule has 1 aromatic heterocycles. The lowest BCUT2D eigenvalue weighted by atomic mass is 9.89. The zero-order valence-electron chi connectivity index (χ0n) is 21.0. The van der Waals surface area contributed by atoms with E-state index in [0.717, 1.165) is 22.4 Å². The number of fused-ring (bicyclic) bond motifs is 1. The van der Waals surface area contributed by atoms with Crippen LogP contribution in [0.4, 0.5) is 11.5 Å². The molecule has 3 aromatic rings. The molecule has 5 rings (SSSR count). The lowest BCUT2D eigenvalue weighted by Crippen LogP contribution is -2.43. The minimum Gasteiger partial charge on any atom is -0.378 e. The zero-order valence-corrected chi connectivity index (χ0v) is 21.0. The maximum Gasteiger partial charge on any atom is 0.254 e. The number of nitriles is 1. The molecule has 2 aliphatic heterocycles. The van der Waals surface area contributed by atoms with E-state index in [1.165, 1.54) is 0 Å². The van der Waals surface area contributed by atoms with Gasteiger partial charge in [-0.3, -0.25) is 9.59 Å². The van der Waals surface area contributed by atoms with E-state index in [1.807, 2.05) is 53.1 Å². The van der Waals surface area contributed by atoms with E-state index < -0.39 is 0 Å². The van der Waals surface area contributed by atoms with Crippen molar-refractivity contribution in [3.63, 3.8) is 0 Å². The van der Waals surface area contributed by atoms with Crippen LogP contribution in [0.3, 0.4) is 0 Å². The molecule has 2 atom stereocenters. The number of ether oxygens (including phenoxy) is 1. The second-order valence-corrected chi connectivity index (χ2v) is 9.47. The number of nitrogens with one attached hydrogen (secondary N) is 1. The van der Waals surface area contributed by atoms with Crippen molar-refractivity contribution in [2.24, 2.45) is 0 Å². The summed E-state index contributed by atoms with van der Waals surface area (Å²) in [7, 11) is 0. The number of amides is 2. The highest BCUT2D eigenvalue weighted by molar-refractivity contribution is 5.95. The standard InChI is InChI=1S/C29H29N5O3/c1-19-15-26(32-28-10-3-21(17-30)18-31-28)25-16-24(8-9-27(25)34(19)20(2)35)22-4-6-23(7-5-22)29(36)33-11-13-37-14-12-33/h3-10,16,18-19,26H,11-15H2,1-2H3,(H,31,32). The van der Waals surface area contributed by atoms with Crippen LogP contribution in [-0.4, -0.2) is 54.0 Å². The number of morpholine rings is 1. The number of anilines is 2. The quantitative estimate of drug-likeness (QED) is 0.576. The molecule has 8 heteroatoms. The van der Waals surface area contributed by atoms with Gasteiger partial charge in [-0.05, 0) is 66.4 Å². The summed E-state index contributed by atoms with van der Waals surface area (Å²) in [6.45, 7) is 6.00. The van der Waals surface area contributed by atoms with Gasteiger partial charge in [-0.2, -0.15) is 5.26 Å². The van der Waals surface area contributed by atoms with Crippen LogP contribution in [0.1, 0.15) is 47.8 Å². The predicted octanol–water partition coefficient (Wildman–Crippen LogP) is 4.39. The summed E-state index contributed by atoms with van der Waals surface area (Å²) in [5.74, 6) is 0.697. The van der Waals surface area contributed by atoms with Crippen molar-refractivity contribution in [1.82, 2.24) is 9.88 Å². The SMILES string of the molecule is CC(=O)N1c2ccc(-c3ccc(C(=O)N4CCOCC4)cc3)cc2C(Nc2ccc(C#N)cn2)CC1C. The number of nitrogens with zero attached hydrogens (tertiary/aromatic N) is 4. The fraction of sp³-hybridized carbons (Fsp3) is 0.310. The molecule has 3 heterocycles. The zero-order chi connectivity index (χ0) is 25.9. The van der Waals surface area contributed by atoms with Crippen LogP contribution >= 0.6 is 0 Å². The average molecular weight is 496 g/mol. The largest absolute Gasteiger partial charge is 0.378 e. The first-order chi connectivity index (χ1) is 17.9. The van der Waals surface area contributed by atoms with Crippen LogP contribution in [0, 0.1) is 11.3 Å². The highest BCUT2D eigenvalue weighted by Gasteiger charge is 2.33. The number of hydrogen-bond donors (Lipinski definition) is 1. The molecule has 37 heavy (non-hydrogen) atoms. The molecule has 0 bridgehead atoms. The summed E-state index contributed by atoms with van der Waals surface area (Å²) in [6, 6.07) is 19.4. The Hall–Kier alpha value is -4.22. The Kier molecular flexibility index (Phi) is 6.89. The predicted molar refractivity (Wildman–Crippen MR) is 141 cm³/mol. The first-order valence-electron chi connectivity index (χ1n) is 12.5. The van der Waals surface area contributed by atoms with Crippen molar-refractivity contribution in [3.8, 4) is 17.2 Å². The van der Waals surface area contributed by atoms with Crippen LogP contribution in [0.25, 0.3) is 11.1 Å². The van der Waals surface area contributed by atoms with Crippen LogP contribution < -0.4 is 10.2 Å². The molecule has 2 unspecified atom stereocenters. The molecule has 1 fully saturated rings. The Balaban J connectivity index is 1.45. The number of aromatic nitrogens is 1. The van der Waals surface area contributed by atoms with E-state index in [4.69, 9.17) is 10.00 Å². The molecular formula is C29H29N5O3. The van der Waals surface area contributed by atoms with Crippen molar-refractivity contribution < 1.29 is 14.3 Å². The van der Waals surface area contributed by atoms with Gasteiger partial charge in [0.1, 0.15) is 11.9 Å². The fourth-order valence-corrected chi connectivity index (χ4v) is 5.14. The number of hydrogen-bond acceptors (Lipinski definition) is 6. The minimum atomic E-state index is -0.0665. The van der Waals surface area contributed by atoms with E-state index in [1.54, 1.807) is 25.3 Å². The first kappa shape index (κ1) is 24.5. The van der Waals surface area contributed by atoms with Gasteiger partial charge in [0.05, 0.1) is 24.8 Å². The van der Waals surface area contributed by atoms with Crippen molar-refractivity contribution >= 4 is 23.3 Å². The van der Waals surface area contributed by atoms with E-state index in [2.05, 4.69) is 22.4 Å². The van der Waals surface area contributed by atoms with Gasteiger partial charge >= 0.3 is 0 Å². The molecule has 0 radical (unpaired) electrons. The van der Waals surface area contributed by atoms with Gasteiger partial charge in [0.15, 0.2) is 0 Å². The molecule has 0 aliphatic carbocycles. The second kappa shape index (κ2) is 10.4. The van der Waals surface area contributed by atoms with Crippen LogP contribution in [0.2, 0.25) is 0 Å². The number of carbonyl (C=O) groups excluding carboxylic acids is 2. The molecule has 188 valence electrons. The number of benzene rings is 2. The van der Waals surface area contributed by atoms with Crippen molar-refractivity contribution in [1.29, 1.82) is 5.26 Å². The smallest absolute Gasteiger partial charge is 0.254 e. The van der Waals surface area contributed by atoms with Gasteiger partial charge in [0.2, 0.25) is 5.91 Å². The minimum absolute atomic E-state index is 0.00225. The third-order valence-corrected chi connectivity index (χ3v) is 7.00. The Morgan fingerprint density at radius 1 is 1.05 bits per heavy atom. The van der Waals surface area contributed by atoms with E-state index in [-0.39, 0.29) is 23.9 Å². The maximum absolute atomic E-state index is 12.8. The van der Waals surface area contributed by atoms with Crippen LogP contribution in [0.5, 0.6) is 0 Å². The topological polar surface area (TPSA) is 98.6 Å². The van der Waals surface area contributed by atoms with Gasteiger partial charge in [-0.25, -0.2) is 4.98 Å². The normalized spacial score (nSPS) is 19.1. The Morgan fingerprint density at radius 2 is 1.78 bits per heavy atom. The van der Waals surface area contributed by atoms with Crippen molar-refractivity contribution in [3.05, 3.63) is 77.5 Å². The van der Waals surface area contributed by atoms with E-state index in [9.17, 15) is 9.59 Å². The van der Waals surface area contributed by atoms with Crippen molar-refractivity contribution in [2.75, 3.05) is 36.5 Å². The van der Waals surface area contributed by atoms with Gasteiger partial charge < -0.3 is 19.9 Å². The molecule has 2 aromatic carbocycles. The summed E-state index contributed by atoms with van der Waals surface area (Å²) >= 11 is 0. The second-order valence-electron chi connectivity index (χ2n) is 9.47. The van der Waals surface area contributed by atoms with Gasteiger partial charge in [0.25, 0.3) is 5.91 Å². The summed E-state index contributed by atoms with van der Waals surface area (Å²) in [5.41, 5.74) is 5.03. The molecular weight excluding hydrogens is 466 g/mol. The average Bonchev–Trinajstić information content (AvgIpc) is 2.93. The monoisotopic (exact) mass is 495 g/mol. The third-order valence-electron chi connectivity index (χ3n) is 7.00. The highest BCUT2D eigenvalue weighted by Crippen LogP contribution is 2.41. The van der Waals surface area contributed by atoms with Crippen LogP contribution in [-0.2, 0) is 9.53 Å². The van der Waals surface area contributed by atoms with E-state index in [0.29, 0.717) is 49.7 Å². The molecule has 1 N–H and O–H groups in total. The molecule has 8 nitrogen and oxygen atoms in total. The lowest BCUT2D eigenvalue weighted by Gasteiger charge is -2.39. The van der Waals surface area contributed by atoms with E-state index >= 15 is 0 Å². The summed E-state index contributed by atoms with van der Waals surface area (Å²) in [6.07, 6.45) is 2.26. The van der Waals surface area contributed by atoms with Gasteiger partial charge in [-0.15, -0.1) is 0 Å². The lowest BCUT2D eigenvalue weighted by molar-refractivity contribution is -0.117. The van der Waals surface area contributed by atoms with Crippen LogP contribution in [0.15, 0.2) is 60.8 Å². The molecule has 2 amide bonds. The number of rotatable bonds is 4. The summed E-state index contributed by atoms with van der Waals surface area (Å²) in [4.78, 5) is 33.4. The maximum atomic E-state index is 12.8. The molecule has 0 saturated carbocycles. The Bertz CT molecular complexity index is 1340. The molecule has 0 spiro atoms. The molecule has 2 aliphatic rings. The van der Waals surface area contributed by atoms with Crippen molar-refractivity contribution in [2.45, 2.75) is 32.4 Å². The summed E-state index contributed by atoms with van der Waals surface area (Å²) < 4.78 is 5.35.